The van der Waals surface area contributed by atoms with Gasteiger partial charge in [0.15, 0.2) is 0 Å². The molecule has 0 unspecified atom stereocenters. The maximum absolute atomic E-state index is 12.4. The molecule has 0 N–H and O–H groups in total. The number of thiophene rings is 1. The van der Waals surface area contributed by atoms with Crippen LogP contribution in [0.1, 0.15) is 11.3 Å². The number of hydrogen-bond acceptors (Lipinski definition) is 5. The van der Waals surface area contributed by atoms with Crippen molar-refractivity contribution >= 4 is 21.4 Å². The van der Waals surface area contributed by atoms with Crippen LogP contribution in [0, 0.1) is 6.92 Å². The maximum atomic E-state index is 12.4. The molecule has 0 saturated carbocycles. The van der Waals surface area contributed by atoms with Gasteiger partial charge in [-0.3, -0.25) is 0 Å². The molecule has 0 atom stereocenters. The lowest BCUT2D eigenvalue weighted by molar-refractivity contribution is 0.325. The second kappa shape index (κ2) is 4.15. The zero-order chi connectivity index (χ0) is 12.8. The molecule has 0 spiro atoms. The van der Waals surface area contributed by atoms with E-state index in [9.17, 15) is 8.42 Å². The van der Waals surface area contributed by atoms with E-state index >= 15 is 0 Å². The number of rotatable bonds is 2. The van der Waals surface area contributed by atoms with Gasteiger partial charge >= 0.3 is 0 Å². The summed E-state index contributed by atoms with van der Waals surface area (Å²) >= 11 is 1.27. The van der Waals surface area contributed by atoms with Gasteiger partial charge in [0.2, 0.25) is 0 Å². The summed E-state index contributed by atoms with van der Waals surface area (Å²) < 4.78 is 28.5. The molecule has 0 bridgehead atoms. The molecule has 1 aliphatic heterocycles. The molecular weight excluding hydrogens is 272 g/mol. The molecular formula is C10H12N4O2S2. The van der Waals surface area contributed by atoms with Gasteiger partial charge in [-0.25, -0.2) is 13.1 Å². The average Bonchev–Trinajstić information content (AvgIpc) is 2.96. The van der Waals surface area contributed by atoms with E-state index in [1.54, 1.807) is 16.9 Å². The second-order valence-corrected chi connectivity index (χ2v) is 7.31. The summed E-state index contributed by atoms with van der Waals surface area (Å²) in [5, 5.41) is 9.54. The van der Waals surface area contributed by atoms with Crippen LogP contribution in [-0.2, 0) is 23.1 Å². The van der Waals surface area contributed by atoms with Crippen molar-refractivity contribution in [1.82, 2.24) is 19.3 Å². The number of hydrogen-bond donors (Lipinski definition) is 0. The summed E-state index contributed by atoms with van der Waals surface area (Å²) in [5.41, 5.74) is 1.81. The molecule has 18 heavy (non-hydrogen) atoms. The quantitative estimate of drug-likeness (QED) is 0.820. The van der Waals surface area contributed by atoms with Crippen LogP contribution in [0.3, 0.4) is 0 Å². The smallest absolute Gasteiger partial charge is 0.247 e. The van der Waals surface area contributed by atoms with Crippen molar-refractivity contribution in [2.45, 2.75) is 24.2 Å². The number of aromatic nitrogens is 3. The monoisotopic (exact) mass is 284 g/mol. The third-order valence-corrected chi connectivity index (χ3v) is 6.28. The van der Waals surface area contributed by atoms with Gasteiger partial charge in [-0.1, -0.05) is 5.21 Å². The van der Waals surface area contributed by atoms with Crippen LogP contribution in [0.2, 0.25) is 0 Å². The van der Waals surface area contributed by atoms with Crippen molar-refractivity contribution in [1.29, 1.82) is 0 Å². The third-order valence-electron chi connectivity index (χ3n) is 2.90. The highest BCUT2D eigenvalue weighted by molar-refractivity contribution is 7.91. The van der Waals surface area contributed by atoms with E-state index in [2.05, 4.69) is 10.3 Å². The van der Waals surface area contributed by atoms with Gasteiger partial charge in [-0.05, 0) is 23.9 Å². The summed E-state index contributed by atoms with van der Waals surface area (Å²) in [6.45, 7) is 3.23. The molecule has 3 heterocycles. The first-order valence-electron chi connectivity index (χ1n) is 5.50. The van der Waals surface area contributed by atoms with Crippen LogP contribution in [-0.4, -0.2) is 34.3 Å². The highest BCUT2D eigenvalue weighted by Crippen LogP contribution is 2.26. The number of nitrogens with zero attached hydrogens (tertiary/aromatic N) is 4. The molecule has 8 heteroatoms. The van der Waals surface area contributed by atoms with Gasteiger partial charge in [-0.15, -0.1) is 16.4 Å². The Kier molecular flexibility index (Phi) is 2.72. The van der Waals surface area contributed by atoms with Crippen LogP contribution in [0.15, 0.2) is 21.9 Å². The minimum Gasteiger partial charge on any atom is -0.247 e. The van der Waals surface area contributed by atoms with Gasteiger partial charge in [-0.2, -0.15) is 4.31 Å². The normalized spacial score (nSPS) is 16.7. The van der Waals surface area contributed by atoms with Gasteiger partial charge in [0.1, 0.15) is 4.21 Å². The van der Waals surface area contributed by atoms with Crippen molar-refractivity contribution in [3.8, 4) is 0 Å². The van der Waals surface area contributed by atoms with Crippen molar-refractivity contribution in [3.63, 3.8) is 0 Å². The van der Waals surface area contributed by atoms with Crippen molar-refractivity contribution in [2.75, 3.05) is 6.54 Å². The fourth-order valence-corrected chi connectivity index (χ4v) is 4.71. The Morgan fingerprint density at radius 1 is 1.39 bits per heavy atom. The Balaban J connectivity index is 1.92. The summed E-state index contributed by atoms with van der Waals surface area (Å²) in [7, 11) is -3.38. The summed E-state index contributed by atoms with van der Waals surface area (Å²) in [4.78, 5) is 0. The first-order valence-corrected chi connectivity index (χ1v) is 7.82. The topological polar surface area (TPSA) is 68.1 Å². The molecule has 0 amide bonds. The average molecular weight is 284 g/mol. The van der Waals surface area contributed by atoms with Gasteiger partial charge in [0.25, 0.3) is 10.0 Å². The van der Waals surface area contributed by atoms with E-state index < -0.39 is 10.0 Å². The minimum absolute atomic E-state index is 0.340. The van der Waals surface area contributed by atoms with Crippen LogP contribution >= 0.6 is 11.3 Å². The molecule has 1 aliphatic rings. The Morgan fingerprint density at radius 2 is 2.22 bits per heavy atom. The number of aryl methyl sites for hydroxylation is 1. The molecule has 0 aliphatic carbocycles. The largest absolute Gasteiger partial charge is 0.252 e. The second-order valence-electron chi connectivity index (χ2n) is 4.23. The van der Waals surface area contributed by atoms with Gasteiger partial charge in [0, 0.05) is 6.54 Å². The minimum atomic E-state index is -3.38. The zero-order valence-corrected chi connectivity index (χ0v) is 11.4. The lowest BCUT2D eigenvalue weighted by atomic mass is 10.4. The molecule has 96 valence electrons. The molecule has 0 radical (unpaired) electrons. The van der Waals surface area contributed by atoms with Gasteiger partial charge < -0.3 is 0 Å². The molecule has 0 fully saturated rings. The Labute approximate surface area is 109 Å². The standard InChI is InChI=1S/C10H12N4O2S2/c1-8-4-10(17-7-8)18(15,16)13-2-3-14-9(6-13)5-11-12-14/h4-5,7H,2-3,6H2,1H3. The van der Waals surface area contributed by atoms with E-state index in [0.717, 1.165) is 11.3 Å². The fraction of sp³-hybridized carbons (Fsp3) is 0.400. The molecule has 3 rings (SSSR count). The van der Waals surface area contributed by atoms with Crippen LogP contribution < -0.4 is 0 Å². The van der Waals surface area contributed by atoms with E-state index in [-0.39, 0.29) is 0 Å². The highest BCUT2D eigenvalue weighted by Gasteiger charge is 2.29. The molecule has 0 saturated heterocycles. The summed E-state index contributed by atoms with van der Waals surface area (Å²) in [6.07, 6.45) is 1.61. The zero-order valence-electron chi connectivity index (χ0n) is 9.78. The fourth-order valence-electron chi connectivity index (χ4n) is 1.93. The Morgan fingerprint density at radius 3 is 2.94 bits per heavy atom. The SMILES string of the molecule is Cc1csc(S(=O)(=O)N2CCn3nncc3C2)c1. The molecule has 2 aromatic heterocycles. The van der Waals surface area contributed by atoms with E-state index in [1.165, 1.54) is 15.6 Å². The van der Waals surface area contributed by atoms with Crippen molar-refractivity contribution in [2.24, 2.45) is 0 Å². The molecule has 0 aromatic carbocycles. The predicted molar refractivity (Wildman–Crippen MR) is 66.7 cm³/mol. The first kappa shape index (κ1) is 11.8. The Hall–Kier alpha value is -1.25. The lowest BCUT2D eigenvalue weighted by Crippen LogP contribution is -2.38. The molecule has 2 aromatic rings. The van der Waals surface area contributed by atoms with Gasteiger partial charge in [0.05, 0.1) is 25.0 Å². The summed E-state index contributed by atoms with van der Waals surface area (Å²) in [6, 6.07) is 1.71. The lowest BCUT2D eigenvalue weighted by Gasteiger charge is -2.25. The first-order chi connectivity index (χ1) is 8.57. The predicted octanol–water partition coefficient (Wildman–Crippen LogP) is 0.853. The third kappa shape index (κ3) is 1.86. The van der Waals surface area contributed by atoms with Crippen LogP contribution in [0.25, 0.3) is 0 Å². The summed E-state index contributed by atoms with van der Waals surface area (Å²) in [5.74, 6) is 0. The van der Waals surface area contributed by atoms with Crippen LogP contribution in [0.5, 0.6) is 0 Å². The van der Waals surface area contributed by atoms with Crippen molar-refractivity contribution in [3.05, 3.63) is 28.9 Å². The van der Waals surface area contributed by atoms with Crippen LogP contribution in [0.4, 0.5) is 0 Å². The number of sulfonamides is 1. The van der Waals surface area contributed by atoms with E-state index in [4.69, 9.17) is 0 Å². The molecule has 6 nitrogen and oxygen atoms in total. The van der Waals surface area contributed by atoms with E-state index in [0.29, 0.717) is 23.8 Å². The highest BCUT2D eigenvalue weighted by atomic mass is 32.2. The van der Waals surface area contributed by atoms with Crippen molar-refractivity contribution < 1.29 is 8.42 Å². The maximum Gasteiger partial charge on any atom is 0.252 e. The number of fused-ring (bicyclic) bond motifs is 1. The van der Waals surface area contributed by atoms with E-state index in [1.807, 2.05) is 12.3 Å². The Bertz CT molecular complexity index is 674.